The van der Waals surface area contributed by atoms with E-state index in [4.69, 9.17) is 0 Å². The molecule has 110 valence electrons. The number of likely N-dealkylation sites (tertiary alicyclic amines) is 1. The van der Waals surface area contributed by atoms with Crippen molar-refractivity contribution in [2.45, 2.75) is 57.8 Å². The molecule has 2 aliphatic rings. The van der Waals surface area contributed by atoms with Gasteiger partial charge in [0.05, 0.1) is 6.42 Å². The van der Waals surface area contributed by atoms with Crippen molar-refractivity contribution < 1.29 is 4.79 Å². The van der Waals surface area contributed by atoms with Gasteiger partial charge in [-0.1, -0.05) is 25.7 Å². The third-order valence-corrected chi connectivity index (χ3v) is 5.08. The second-order valence-corrected chi connectivity index (χ2v) is 6.59. The molecule has 0 unspecified atom stereocenters. The van der Waals surface area contributed by atoms with Crippen molar-refractivity contribution in [1.29, 1.82) is 0 Å². The van der Waals surface area contributed by atoms with Crippen molar-refractivity contribution in [3.05, 3.63) is 18.0 Å². The number of hydrogen-bond acceptors (Lipinski definition) is 2. The van der Waals surface area contributed by atoms with Crippen LogP contribution in [-0.2, 0) is 11.2 Å². The Kier molecular flexibility index (Phi) is 4.08. The number of hydrogen-bond donors (Lipinski definition) is 1. The van der Waals surface area contributed by atoms with Crippen molar-refractivity contribution in [2.24, 2.45) is 5.41 Å². The highest BCUT2D eigenvalue weighted by Crippen LogP contribution is 2.42. The summed E-state index contributed by atoms with van der Waals surface area (Å²) in [4.78, 5) is 14.6. The largest absolute Gasteiger partial charge is 0.342 e. The summed E-state index contributed by atoms with van der Waals surface area (Å²) in [5.74, 6) is 0.262. The van der Waals surface area contributed by atoms with Crippen LogP contribution >= 0.6 is 0 Å². The molecule has 1 aromatic heterocycles. The molecule has 0 radical (unpaired) electrons. The summed E-state index contributed by atoms with van der Waals surface area (Å²) in [6.07, 6.45) is 12.8. The zero-order valence-electron chi connectivity index (χ0n) is 12.2. The number of nitrogens with one attached hydrogen (secondary N) is 1. The molecule has 0 aromatic carbocycles. The molecule has 4 heteroatoms. The Hall–Kier alpha value is -1.32. The van der Waals surface area contributed by atoms with Crippen LogP contribution in [0.1, 0.15) is 57.1 Å². The summed E-state index contributed by atoms with van der Waals surface area (Å²) >= 11 is 0. The average molecular weight is 275 g/mol. The fourth-order valence-electron chi connectivity index (χ4n) is 3.97. The Bertz CT molecular complexity index is 433. The molecule has 1 N–H and O–H groups in total. The number of aromatic amines is 1. The van der Waals surface area contributed by atoms with E-state index in [0.717, 1.165) is 18.8 Å². The Labute approximate surface area is 120 Å². The van der Waals surface area contributed by atoms with Gasteiger partial charge in [0.25, 0.3) is 0 Å². The van der Waals surface area contributed by atoms with Gasteiger partial charge in [-0.25, -0.2) is 0 Å². The van der Waals surface area contributed by atoms with Gasteiger partial charge in [0.15, 0.2) is 0 Å². The first-order valence-electron chi connectivity index (χ1n) is 8.04. The fraction of sp³-hybridized carbons (Fsp3) is 0.750. The normalized spacial score (nSPS) is 22.7. The third-order valence-electron chi connectivity index (χ3n) is 5.08. The van der Waals surface area contributed by atoms with Crippen LogP contribution in [0.25, 0.3) is 0 Å². The number of H-pyrrole nitrogens is 1. The van der Waals surface area contributed by atoms with E-state index < -0.39 is 0 Å². The van der Waals surface area contributed by atoms with E-state index in [1.54, 1.807) is 6.20 Å². The molecule has 0 bridgehead atoms. The standard InChI is InChI=1S/C16H25N3O/c20-15(12-14-6-10-17-18-14)19-11-5-9-16(13-19)7-3-1-2-4-8-16/h6,10H,1-5,7-9,11-13H2,(H,17,18). The van der Waals surface area contributed by atoms with Gasteiger partial charge < -0.3 is 4.90 Å². The molecule has 1 aromatic rings. The molecule has 4 nitrogen and oxygen atoms in total. The van der Waals surface area contributed by atoms with Crippen molar-refractivity contribution in [2.75, 3.05) is 13.1 Å². The molecule has 1 amide bonds. The molecule has 1 saturated heterocycles. The smallest absolute Gasteiger partial charge is 0.228 e. The fourth-order valence-corrected chi connectivity index (χ4v) is 3.97. The molecular formula is C16H25N3O. The SMILES string of the molecule is O=C(Cc1ccn[nH]1)N1CCCC2(CCCCCC2)C1. The van der Waals surface area contributed by atoms with Crippen LogP contribution in [0.5, 0.6) is 0 Å². The van der Waals surface area contributed by atoms with Gasteiger partial charge in [0.1, 0.15) is 0 Å². The van der Waals surface area contributed by atoms with Gasteiger partial charge in [0.2, 0.25) is 5.91 Å². The predicted octanol–water partition coefficient (Wildman–Crippen LogP) is 2.92. The van der Waals surface area contributed by atoms with Crippen molar-refractivity contribution in [3.8, 4) is 0 Å². The molecule has 1 saturated carbocycles. The Morgan fingerprint density at radius 3 is 2.65 bits per heavy atom. The van der Waals surface area contributed by atoms with E-state index in [1.807, 2.05) is 6.07 Å². The summed E-state index contributed by atoms with van der Waals surface area (Å²) in [6, 6.07) is 1.89. The molecular weight excluding hydrogens is 250 g/mol. The van der Waals surface area contributed by atoms with Crippen molar-refractivity contribution in [3.63, 3.8) is 0 Å². The molecule has 3 rings (SSSR count). The summed E-state index contributed by atoms with van der Waals surface area (Å²) in [5.41, 5.74) is 1.36. The lowest BCUT2D eigenvalue weighted by atomic mass is 9.74. The third kappa shape index (κ3) is 3.05. The van der Waals surface area contributed by atoms with Crippen LogP contribution in [0.2, 0.25) is 0 Å². The van der Waals surface area contributed by atoms with Crippen molar-refractivity contribution in [1.82, 2.24) is 15.1 Å². The average Bonchev–Trinajstić information content (AvgIpc) is 2.86. The predicted molar refractivity (Wildman–Crippen MR) is 78.2 cm³/mol. The number of amides is 1. The number of rotatable bonds is 2. The zero-order valence-corrected chi connectivity index (χ0v) is 12.2. The maximum absolute atomic E-state index is 12.5. The number of nitrogens with zero attached hydrogens (tertiary/aromatic N) is 2. The second kappa shape index (κ2) is 5.98. The number of piperidine rings is 1. The maximum atomic E-state index is 12.5. The van der Waals surface area contributed by atoms with Crippen LogP contribution in [0.15, 0.2) is 12.3 Å². The zero-order chi connectivity index (χ0) is 13.8. The van der Waals surface area contributed by atoms with Gasteiger partial charge in [-0.2, -0.15) is 5.10 Å². The second-order valence-electron chi connectivity index (χ2n) is 6.59. The van der Waals surface area contributed by atoms with Crippen LogP contribution in [0.3, 0.4) is 0 Å². The minimum Gasteiger partial charge on any atom is -0.342 e. The lowest BCUT2D eigenvalue weighted by Crippen LogP contribution is -2.46. The summed E-state index contributed by atoms with van der Waals surface area (Å²) in [5, 5.41) is 6.81. The highest BCUT2D eigenvalue weighted by atomic mass is 16.2. The number of aromatic nitrogens is 2. The van der Waals surface area contributed by atoms with Gasteiger partial charge in [-0.3, -0.25) is 9.89 Å². The monoisotopic (exact) mass is 275 g/mol. The first-order valence-corrected chi connectivity index (χ1v) is 8.04. The quantitative estimate of drug-likeness (QED) is 0.902. The van der Waals surface area contributed by atoms with Crippen molar-refractivity contribution >= 4 is 5.91 Å². The molecule has 1 aliphatic carbocycles. The molecule has 1 aliphatic heterocycles. The Balaban J connectivity index is 1.63. The highest BCUT2D eigenvalue weighted by Gasteiger charge is 2.36. The van der Waals surface area contributed by atoms with Crippen LogP contribution in [0.4, 0.5) is 0 Å². The Morgan fingerprint density at radius 1 is 1.20 bits per heavy atom. The van der Waals surface area contributed by atoms with Crippen LogP contribution in [0, 0.1) is 5.41 Å². The molecule has 20 heavy (non-hydrogen) atoms. The van der Waals surface area contributed by atoms with Gasteiger partial charge in [0, 0.05) is 25.0 Å². The van der Waals surface area contributed by atoms with Gasteiger partial charge in [-0.15, -0.1) is 0 Å². The van der Waals surface area contributed by atoms with E-state index in [9.17, 15) is 4.79 Å². The van der Waals surface area contributed by atoms with Crippen LogP contribution in [-0.4, -0.2) is 34.1 Å². The lowest BCUT2D eigenvalue weighted by Gasteiger charge is -2.42. The molecule has 2 fully saturated rings. The van der Waals surface area contributed by atoms with E-state index in [2.05, 4.69) is 15.1 Å². The minimum atomic E-state index is 0.262. The summed E-state index contributed by atoms with van der Waals surface area (Å²) < 4.78 is 0. The van der Waals surface area contributed by atoms with Crippen LogP contribution < -0.4 is 0 Å². The minimum absolute atomic E-state index is 0.262. The first kappa shape index (κ1) is 13.7. The lowest BCUT2D eigenvalue weighted by molar-refractivity contribution is -0.134. The van der Waals surface area contributed by atoms with E-state index in [-0.39, 0.29) is 5.91 Å². The molecule has 1 spiro atoms. The Morgan fingerprint density at radius 2 is 1.95 bits per heavy atom. The molecule has 2 heterocycles. The van der Waals surface area contributed by atoms with Gasteiger partial charge in [-0.05, 0) is 37.2 Å². The molecule has 0 atom stereocenters. The van der Waals surface area contributed by atoms with E-state index in [1.165, 1.54) is 51.4 Å². The summed E-state index contributed by atoms with van der Waals surface area (Å²) in [7, 11) is 0. The topological polar surface area (TPSA) is 49.0 Å². The van der Waals surface area contributed by atoms with Gasteiger partial charge >= 0.3 is 0 Å². The highest BCUT2D eigenvalue weighted by molar-refractivity contribution is 5.78. The maximum Gasteiger partial charge on any atom is 0.228 e. The number of carbonyl (C=O) groups excluding carboxylic acids is 1. The first-order chi connectivity index (χ1) is 9.77. The summed E-state index contributed by atoms with van der Waals surface area (Å²) in [6.45, 7) is 1.93. The van der Waals surface area contributed by atoms with E-state index in [0.29, 0.717) is 11.8 Å². The number of carbonyl (C=O) groups is 1. The van der Waals surface area contributed by atoms with E-state index >= 15 is 0 Å².